The molecule has 0 saturated carbocycles. The number of hydrogen-bond acceptors (Lipinski definition) is 5. The number of carbonyl (C=O) groups excluding carboxylic acids is 2. The van der Waals surface area contributed by atoms with Crippen molar-refractivity contribution in [1.82, 2.24) is 9.78 Å². The van der Waals surface area contributed by atoms with Gasteiger partial charge in [-0.25, -0.2) is 9.79 Å². The molecule has 0 radical (unpaired) electrons. The lowest BCUT2D eigenvalue weighted by atomic mass is 10.2. The van der Waals surface area contributed by atoms with Crippen molar-refractivity contribution in [2.45, 2.75) is 13.5 Å². The third-order valence-electron chi connectivity index (χ3n) is 4.32. The molecular weight excluding hydrogens is 404 g/mol. The van der Waals surface area contributed by atoms with Gasteiger partial charge in [0.15, 0.2) is 5.70 Å². The number of halogens is 1. The molecule has 3 aromatic rings. The Morgan fingerprint density at radius 3 is 2.70 bits per heavy atom. The molecule has 2 aromatic carbocycles. The van der Waals surface area contributed by atoms with E-state index in [9.17, 15) is 9.59 Å². The monoisotopic (exact) mass is 420 g/mol. The normalized spacial score (nSPS) is 14.5. The quantitative estimate of drug-likeness (QED) is 0.501. The molecule has 1 aliphatic heterocycles. The van der Waals surface area contributed by atoms with Crippen molar-refractivity contribution < 1.29 is 14.3 Å². The van der Waals surface area contributed by atoms with Crippen LogP contribution in [0.25, 0.3) is 6.08 Å². The first-order valence-corrected chi connectivity index (χ1v) is 9.52. The number of amides is 1. The maximum absolute atomic E-state index is 12.2. The number of nitrogens with one attached hydrogen (secondary N) is 1. The summed E-state index contributed by atoms with van der Waals surface area (Å²) in [4.78, 5) is 27.6. The molecule has 150 valence electrons. The van der Waals surface area contributed by atoms with E-state index in [1.54, 1.807) is 47.4 Å². The van der Waals surface area contributed by atoms with Crippen LogP contribution in [0.5, 0.6) is 0 Å². The van der Waals surface area contributed by atoms with Crippen LogP contribution in [0.2, 0.25) is 5.02 Å². The molecular formula is C22H17ClN4O3. The predicted octanol–water partition coefficient (Wildman–Crippen LogP) is 3.89. The highest BCUT2D eigenvalue weighted by atomic mass is 35.5. The van der Waals surface area contributed by atoms with Crippen LogP contribution < -0.4 is 5.32 Å². The molecule has 0 fully saturated rings. The lowest BCUT2D eigenvalue weighted by molar-refractivity contribution is -0.129. The second kappa shape index (κ2) is 8.34. The molecule has 30 heavy (non-hydrogen) atoms. The molecule has 0 bridgehead atoms. The Bertz CT molecular complexity index is 1180. The summed E-state index contributed by atoms with van der Waals surface area (Å²) in [5.74, 6) is -0.480. The van der Waals surface area contributed by atoms with Gasteiger partial charge in [-0.3, -0.25) is 9.48 Å². The van der Waals surface area contributed by atoms with Crippen molar-refractivity contribution in [2.24, 2.45) is 4.99 Å². The molecule has 1 aromatic heterocycles. The molecule has 1 N–H and O–H groups in total. The molecule has 0 saturated heterocycles. The van der Waals surface area contributed by atoms with Gasteiger partial charge in [0.2, 0.25) is 11.8 Å². The summed E-state index contributed by atoms with van der Waals surface area (Å²) in [5.41, 5.74) is 3.14. The second-order valence-corrected chi connectivity index (χ2v) is 7.06. The summed E-state index contributed by atoms with van der Waals surface area (Å²) in [6.45, 7) is 1.95. The number of nitrogens with zero attached hydrogens (tertiary/aromatic N) is 3. The number of esters is 1. The van der Waals surface area contributed by atoms with E-state index in [0.717, 1.165) is 11.1 Å². The number of aliphatic imine (C=N–C) groups is 1. The second-order valence-electron chi connectivity index (χ2n) is 6.66. The number of aromatic nitrogens is 2. The van der Waals surface area contributed by atoms with Gasteiger partial charge in [-0.15, -0.1) is 0 Å². The Labute approximate surface area is 177 Å². The fourth-order valence-corrected chi connectivity index (χ4v) is 3.13. The lowest BCUT2D eigenvalue weighted by Crippen LogP contribution is -2.07. The van der Waals surface area contributed by atoms with Gasteiger partial charge in [0.25, 0.3) is 0 Å². The van der Waals surface area contributed by atoms with Crippen LogP contribution in [0.3, 0.4) is 0 Å². The summed E-state index contributed by atoms with van der Waals surface area (Å²) < 4.78 is 7.02. The third kappa shape index (κ3) is 4.47. The smallest absolute Gasteiger partial charge is 0.363 e. The molecule has 0 unspecified atom stereocenters. The fraction of sp³-hybridized carbons (Fsp3) is 0.0909. The van der Waals surface area contributed by atoms with E-state index >= 15 is 0 Å². The fourth-order valence-electron chi connectivity index (χ4n) is 2.93. The minimum Gasteiger partial charge on any atom is -0.402 e. The highest BCUT2D eigenvalue weighted by Gasteiger charge is 2.24. The average molecular weight is 421 g/mol. The van der Waals surface area contributed by atoms with Crippen molar-refractivity contribution in [3.63, 3.8) is 0 Å². The SMILES string of the molecule is CC(=O)Nc1ccc(C2=N/C(=C\c3cnn(Cc4ccccc4Cl)c3)C(=O)O2)cc1. The van der Waals surface area contributed by atoms with E-state index < -0.39 is 5.97 Å². The summed E-state index contributed by atoms with van der Waals surface area (Å²) in [6, 6.07) is 14.4. The zero-order valence-corrected chi connectivity index (χ0v) is 16.8. The van der Waals surface area contributed by atoms with Crippen molar-refractivity contribution in [1.29, 1.82) is 0 Å². The molecule has 4 rings (SSSR count). The first kappa shape index (κ1) is 19.6. The van der Waals surface area contributed by atoms with Crippen LogP contribution in [0.15, 0.2) is 71.6 Å². The van der Waals surface area contributed by atoms with Gasteiger partial charge in [0.05, 0.1) is 12.7 Å². The summed E-state index contributed by atoms with van der Waals surface area (Å²) in [7, 11) is 0. The Hall–Kier alpha value is -3.71. The van der Waals surface area contributed by atoms with Gasteiger partial charge in [-0.05, 0) is 42.0 Å². The molecule has 1 aliphatic rings. The Kier molecular flexibility index (Phi) is 5.45. The highest BCUT2D eigenvalue weighted by Crippen LogP contribution is 2.21. The third-order valence-corrected chi connectivity index (χ3v) is 4.69. The molecule has 0 spiro atoms. The van der Waals surface area contributed by atoms with Crippen LogP contribution in [0.1, 0.15) is 23.6 Å². The predicted molar refractivity (Wildman–Crippen MR) is 114 cm³/mol. The number of carbonyl (C=O) groups is 2. The van der Waals surface area contributed by atoms with Crippen molar-refractivity contribution >= 4 is 41.1 Å². The van der Waals surface area contributed by atoms with Crippen LogP contribution in [-0.4, -0.2) is 27.6 Å². The number of cyclic esters (lactones) is 1. The molecule has 0 atom stereocenters. The van der Waals surface area contributed by atoms with E-state index in [1.807, 2.05) is 24.3 Å². The molecule has 8 heteroatoms. The standard InChI is InChI=1S/C22H17ClN4O3/c1-14(28)25-18-8-6-16(7-9-18)21-26-20(22(29)30-21)10-15-11-24-27(12-15)13-17-4-2-3-5-19(17)23/h2-12H,13H2,1H3,(H,25,28)/b20-10-. The number of ether oxygens (including phenoxy) is 1. The van der Waals surface area contributed by atoms with Crippen molar-refractivity contribution in [3.8, 4) is 0 Å². The van der Waals surface area contributed by atoms with Gasteiger partial charge in [-0.1, -0.05) is 29.8 Å². The Morgan fingerprint density at radius 2 is 1.97 bits per heavy atom. The molecule has 2 heterocycles. The average Bonchev–Trinajstić information content (AvgIpc) is 3.31. The first-order valence-electron chi connectivity index (χ1n) is 9.14. The molecule has 1 amide bonds. The van der Waals surface area contributed by atoms with E-state index in [2.05, 4.69) is 15.4 Å². The van der Waals surface area contributed by atoms with Gasteiger partial charge in [-0.2, -0.15) is 5.10 Å². The minimum absolute atomic E-state index is 0.160. The minimum atomic E-state index is -0.533. The zero-order chi connectivity index (χ0) is 21.1. The van der Waals surface area contributed by atoms with E-state index in [4.69, 9.17) is 16.3 Å². The number of hydrogen-bond donors (Lipinski definition) is 1. The van der Waals surface area contributed by atoms with Gasteiger partial charge in [0.1, 0.15) is 0 Å². The zero-order valence-electron chi connectivity index (χ0n) is 16.0. The molecule has 0 aliphatic carbocycles. The Balaban J connectivity index is 1.51. The van der Waals surface area contributed by atoms with Crippen molar-refractivity contribution in [3.05, 3.63) is 88.3 Å². The number of anilines is 1. The van der Waals surface area contributed by atoms with E-state index in [0.29, 0.717) is 22.8 Å². The number of rotatable bonds is 5. The summed E-state index contributed by atoms with van der Waals surface area (Å²) in [6.07, 6.45) is 5.07. The maximum Gasteiger partial charge on any atom is 0.363 e. The lowest BCUT2D eigenvalue weighted by Gasteiger charge is -2.03. The van der Waals surface area contributed by atoms with Crippen LogP contribution in [0.4, 0.5) is 5.69 Å². The summed E-state index contributed by atoms with van der Waals surface area (Å²) >= 11 is 6.19. The summed E-state index contributed by atoms with van der Waals surface area (Å²) in [5, 5.41) is 7.66. The number of benzene rings is 2. The van der Waals surface area contributed by atoms with E-state index in [-0.39, 0.29) is 17.5 Å². The van der Waals surface area contributed by atoms with E-state index in [1.165, 1.54) is 6.92 Å². The highest BCUT2D eigenvalue weighted by molar-refractivity contribution is 6.31. The topological polar surface area (TPSA) is 85.6 Å². The first-order chi connectivity index (χ1) is 14.5. The molecule has 7 nitrogen and oxygen atoms in total. The van der Waals surface area contributed by atoms with Gasteiger partial charge >= 0.3 is 5.97 Å². The maximum atomic E-state index is 12.2. The Morgan fingerprint density at radius 1 is 1.20 bits per heavy atom. The van der Waals surface area contributed by atoms with Gasteiger partial charge in [0, 0.05) is 35.0 Å². The van der Waals surface area contributed by atoms with Crippen molar-refractivity contribution in [2.75, 3.05) is 5.32 Å². The van der Waals surface area contributed by atoms with Crippen LogP contribution in [0, 0.1) is 0 Å². The van der Waals surface area contributed by atoms with Crippen LogP contribution >= 0.6 is 11.6 Å². The van der Waals surface area contributed by atoms with Gasteiger partial charge < -0.3 is 10.1 Å². The largest absolute Gasteiger partial charge is 0.402 e. The van der Waals surface area contributed by atoms with Crippen LogP contribution in [-0.2, 0) is 20.9 Å².